The highest BCUT2D eigenvalue weighted by Gasteiger charge is 1.96. The molecule has 0 atom stereocenters. The molecule has 0 amide bonds. The van der Waals surface area contributed by atoms with E-state index in [1.165, 1.54) is 6.21 Å². The third-order valence-electron chi connectivity index (χ3n) is 1.84. The first-order valence-corrected chi connectivity index (χ1v) is 4.17. The van der Waals surface area contributed by atoms with Crippen LogP contribution in [-0.4, -0.2) is 21.0 Å². The number of oxime groups is 1. The van der Waals surface area contributed by atoms with E-state index >= 15 is 0 Å². The van der Waals surface area contributed by atoms with Gasteiger partial charge in [0.05, 0.1) is 6.21 Å². The van der Waals surface area contributed by atoms with Crippen LogP contribution in [0.15, 0.2) is 48.0 Å². The van der Waals surface area contributed by atoms with Crippen molar-refractivity contribution in [3.8, 4) is 5.82 Å². The lowest BCUT2D eigenvalue weighted by Gasteiger charge is -1.98. The van der Waals surface area contributed by atoms with Crippen molar-refractivity contribution in [1.82, 2.24) is 9.55 Å². The summed E-state index contributed by atoms with van der Waals surface area (Å²) in [5, 5.41) is 11.3. The maximum atomic E-state index is 8.34. The number of aromatic nitrogens is 2. The van der Waals surface area contributed by atoms with E-state index in [1.54, 1.807) is 6.20 Å². The molecule has 2 rings (SSSR count). The molecule has 0 aliphatic rings. The third kappa shape index (κ3) is 1.64. The number of hydrogen-bond donors (Lipinski definition) is 1. The monoisotopic (exact) mass is 187 g/mol. The molecule has 0 fully saturated rings. The van der Waals surface area contributed by atoms with E-state index in [-0.39, 0.29) is 0 Å². The molecule has 14 heavy (non-hydrogen) atoms. The second kappa shape index (κ2) is 3.74. The van der Waals surface area contributed by atoms with Gasteiger partial charge in [-0.25, -0.2) is 4.98 Å². The fraction of sp³-hybridized carbons (Fsp3) is 0. The van der Waals surface area contributed by atoms with Crippen LogP contribution in [0.3, 0.4) is 0 Å². The number of nitrogens with zero attached hydrogens (tertiary/aromatic N) is 3. The van der Waals surface area contributed by atoms with Gasteiger partial charge in [-0.2, -0.15) is 0 Å². The first-order chi connectivity index (χ1) is 6.90. The summed E-state index contributed by atoms with van der Waals surface area (Å²) in [5.74, 6) is 0.838. The van der Waals surface area contributed by atoms with Crippen LogP contribution >= 0.6 is 0 Å². The number of hydrogen-bond acceptors (Lipinski definition) is 3. The van der Waals surface area contributed by atoms with Crippen molar-refractivity contribution >= 4 is 6.21 Å². The minimum absolute atomic E-state index is 0.832. The van der Waals surface area contributed by atoms with Crippen molar-refractivity contribution in [1.29, 1.82) is 0 Å². The Balaban J connectivity index is 2.34. The summed E-state index contributed by atoms with van der Waals surface area (Å²) < 4.78 is 1.86. The van der Waals surface area contributed by atoms with Crippen molar-refractivity contribution < 1.29 is 5.21 Å². The van der Waals surface area contributed by atoms with Crippen molar-refractivity contribution in [2.75, 3.05) is 0 Å². The van der Waals surface area contributed by atoms with Crippen molar-refractivity contribution in [2.24, 2.45) is 5.16 Å². The molecule has 2 aromatic rings. The SMILES string of the molecule is ON=Cc1ccn(-c2ccccn2)c1. The molecule has 0 aliphatic heterocycles. The Kier molecular flexibility index (Phi) is 2.27. The molecule has 0 aliphatic carbocycles. The average Bonchev–Trinajstić information content (AvgIpc) is 2.68. The highest BCUT2D eigenvalue weighted by molar-refractivity contribution is 5.78. The molecule has 0 spiro atoms. The van der Waals surface area contributed by atoms with E-state index in [0.29, 0.717) is 0 Å². The van der Waals surface area contributed by atoms with Crippen LogP contribution in [0.25, 0.3) is 5.82 Å². The van der Waals surface area contributed by atoms with Gasteiger partial charge in [0, 0.05) is 24.2 Å². The zero-order valence-electron chi connectivity index (χ0n) is 7.41. The summed E-state index contributed by atoms with van der Waals surface area (Å²) in [6, 6.07) is 7.53. The van der Waals surface area contributed by atoms with E-state index in [2.05, 4.69) is 10.1 Å². The summed E-state index contributed by atoms with van der Waals surface area (Å²) in [5.41, 5.74) is 0.832. The Morgan fingerprint density at radius 2 is 2.29 bits per heavy atom. The standard InChI is InChI=1S/C10H9N3O/c14-12-7-9-4-6-13(8-9)10-3-1-2-5-11-10/h1-8,14H. The van der Waals surface area contributed by atoms with E-state index in [1.807, 2.05) is 41.2 Å². The van der Waals surface area contributed by atoms with Gasteiger partial charge in [0.2, 0.25) is 0 Å². The van der Waals surface area contributed by atoms with Crippen molar-refractivity contribution in [2.45, 2.75) is 0 Å². The molecule has 0 saturated heterocycles. The third-order valence-corrected chi connectivity index (χ3v) is 1.84. The zero-order valence-corrected chi connectivity index (χ0v) is 7.41. The molecule has 2 aromatic heterocycles. The quantitative estimate of drug-likeness (QED) is 0.441. The van der Waals surface area contributed by atoms with Gasteiger partial charge in [0.15, 0.2) is 0 Å². The van der Waals surface area contributed by atoms with Crippen LogP contribution in [0.1, 0.15) is 5.56 Å². The van der Waals surface area contributed by atoms with E-state index < -0.39 is 0 Å². The lowest BCUT2D eigenvalue weighted by atomic mass is 10.4. The van der Waals surface area contributed by atoms with Crippen molar-refractivity contribution in [3.05, 3.63) is 48.4 Å². The highest BCUT2D eigenvalue weighted by Crippen LogP contribution is 2.05. The molecule has 4 heteroatoms. The average molecular weight is 187 g/mol. The Hall–Kier alpha value is -2.10. The molecule has 0 radical (unpaired) electrons. The Labute approximate surface area is 81.1 Å². The van der Waals surface area contributed by atoms with Crippen molar-refractivity contribution in [3.63, 3.8) is 0 Å². The second-order valence-corrected chi connectivity index (χ2v) is 2.78. The highest BCUT2D eigenvalue weighted by atomic mass is 16.4. The molecule has 0 aromatic carbocycles. The first kappa shape index (κ1) is 8.50. The topological polar surface area (TPSA) is 50.4 Å². The van der Waals surface area contributed by atoms with Crippen LogP contribution in [0, 0.1) is 0 Å². The van der Waals surface area contributed by atoms with Gasteiger partial charge in [0.1, 0.15) is 5.82 Å². The summed E-state index contributed by atoms with van der Waals surface area (Å²) in [6.45, 7) is 0. The molecule has 0 saturated carbocycles. The van der Waals surface area contributed by atoms with Crippen LogP contribution in [-0.2, 0) is 0 Å². The van der Waals surface area contributed by atoms with E-state index in [9.17, 15) is 0 Å². The molecule has 70 valence electrons. The molecule has 0 bridgehead atoms. The van der Waals surface area contributed by atoms with Crippen LogP contribution in [0.4, 0.5) is 0 Å². The molecule has 2 heterocycles. The predicted octanol–water partition coefficient (Wildman–Crippen LogP) is 1.68. The largest absolute Gasteiger partial charge is 0.411 e. The second-order valence-electron chi connectivity index (χ2n) is 2.78. The molecule has 0 unspecified atom stereocenters. The fourth-order valence-electron chi connectivity index (χ4n) is 1.21. The summed E-state index contributed by atoms with van der Waals surface area (Å²) in [7, 11) is 0. The molecule has 1 N–H and O–H groups in total. The smallest absolute Gasteiger partial charge is 0.136 e. The summed E-state index contributed by atoms with van der Waals surface area (Å²) in [6.07, 6.45) is 6.80. The fourth-order valence-corrected chi connectivity index (χ4v) is 1.21. The maximum absolute atomic E-state index is 8.34. The van der Waals surface area contributed by atoms with Gasteiger partial charge in [0.25, 0.3) is 0 Å². The Bertz CT molecular complexity index is 434. The Morgan fingerprint density at radius 1 is 1.36 bits per heavy atom. The van der Waals surface area contributed by atoms with E-state index in [4.69, 9.17) is 5.21 Å². The van der Waals surface area contributed by atoms with Gasteiger partial charge in [-0.05, 0) is 18.2 Å². The van der Waals surface area contributed by atoms with Gasteiger partial charge in [-0.15, -0.1) is 0 Å². The van der Waals surface area contributed by atoms with E-state index in [0.717, 1.165) is 11.4 Å². The van der Waals surface area contributed by atoms with Crippen LogP contribution in [0.5, 0.6) is 0 Å². The van der Waals surface area contributed by atoms with Gasteiger partial charge in [-0.3, -0.25) is 0 Å². The Morgan fingerprint density at radius 3 is 3.00 bits per heavy atom. The molecular formula is C10H9N3O. The van der Waals surface area contributed by atoms with Crippen LogP contribution < -0.4 is 0 Å². The summed E-state index contributed by atoms with van der Waals surface area (Å²) in [4.78, 5) is 4.18. The minimum Gasteiger partial charge on any atom is -0.411 e. The number of rotatable bonds is 2. The lowest BCUT2D eigenvalue weighted by molar-refractivity contribution is 0.322. The lowest BCUT2D eigenvalue weighted by Crippen LogP contribution is -1.92. The molecular weight excluding hydrogens is 178 g/mol. The zero-order chi connectivity index (χ0) is 9.80. The summed E-state index contributed by atoms with van der Waals surface area (Å²) >= 11 is 0. The van der Waals surface area contributed by atoms with Gasteiger partial charge in [-0.1, -0.05) is 11.2 Å². The number of pyridine rings is 1. The maximum Gasteiger partial charge on any atom is 0.136 e. The normalized spacial score (nSPS) is 10.9. The predicted molar refractivity (Wildman–Crippen MR) is 52.9 cm³/mol. The minimum atomic E-state index is 0.832. The van der Waals surface area contributed by atoms with Gasteiger partial charge < -0.3 is 9.77 Å². The van der Waals surface area contributed by atoms with Crippen LogP contribution in [0.2, 0.25) is 0 Å². The molecule has 4 nitrogen and oxygen atoms in total. The van der Waals surface area contributed by atoms with Gasteiger partial charge >= 0.3 is 0 Å². The first-order valence-electron chi connectivity index (χ1n) is 4.17.